The Balaban J connectivity index is 1.53. The van der Waals surface area contributed by atoms with Crippen molar-refractivity contribution in [3.05, 3.63) is 16.1 Å². The molecule has 0 radical (unpaired) electrons. The van der Waals surface area contributed by atoms with Crippen LogP contribution in [0, 0.1) is 0 Å². The molecule has 0 spiro atoms. The van der Waals surface area contributed by atoms with Crippen LogP contribution < -0.4 is 5.32 Å². The number of hydrogen-bond acceptors (Lipinski definition) is 5. The summed E-state index contributed by atoms with van der Waals surface area (Å²) in [6, 6.07) is 1.25. The summed E-state index contributed by atoms with van der Waals surface area (Å²) in [5.74, 6) is 0. The van der Waals surface area contributed by atoms with E-state index >= 15 is 0 Å². The Kier molecular flexibility index (Phi) is 4.17. The third kappa shape index (κ3) is 3.75. The van der Waals surface area contributed by atoms with E-state index in [0.29, 0.717) is 12.1 Å². The average molecular weight is 281 g/mol. The van der Waals surface area contributed by atoms with E-state index < -0.39 is 0 Å². The zero-order chi connectivity index (χ0) is 13.2. The third-order valence-corrected chi connectivity index (χ3v) is 4.72. The molecule has 5 heteroatoms. The zero-order valence-corrected chi connectivity index (χ0v) is 12.6. The van der Waals surface area contributed by atoms with Crippen LogP contribution in [0.3, 0.4) is 0 Å². The van der Waals surface area contributed by atoms with Crippen molar-refractivity contribution in [1.82, 2.24) is 15.2 Å². The van der Waals surface area contributed by atoms with Crippen LogP contribution in [0.15, 0.2) is 5.38 Å². The van der Waals surface area contributed by atoms with Gasteiger partial charge in [0.2, 0.25) is 0 Å². The van der Waals surface area contributed by atoms with Crippen LogP contribution in [-0.2, 0) is 17.8 Å². The molecular weight excluding hydrogens is 258 g/mol. The Bertz CT molecular complexity index is 419. The van der Waals surface area contributed by atoms with Crippen LogP contribution >= 0.6 is 11.3 Å². The van der Waals surface area contributed by atoms with Gasteiger partial charge < -0.3 is 10.1 Å². The fraction of sp³-hybridized carbons (Fsp3) is 0.786. The molecule has 1 saturated carbocycles. The summed E-state index contributed by atoms with van der Waals surface area (Å²) >= 11 is 1.78. The molecule has 0 bridgehead atoms. The summed E-state index contributed by atoms with van der Waals surface area (Å²) in [5, 5.41) is 6.94. The van der Waals surface area contributed by atoms with Gasteiger partial charge in [0.1, 0.15) is 5.01 Å². The van der Waals surface area contributed by atoms with Crippen molar-refractivity contribution in [2.75, 3.05) is 13.2 Å². The first kappa shape index (κ1) is 13.5. The van der Waals surface area contributed by atoms with Crippen molar-refractivity contribution in [2.24, 2.45) is 0 Å². The van der Waals surface area contributed by atoms with Crippen LogP contribution in [0.2, 0.25) is 0 Å². The van der Waals surface area contributed by atoms with Gasteiger partial charge in [-0.15, -0.1) is 11.3 Å². The number of nitrogens with one attached hydrogen (secondary N) is 1. The first-order valence-corrected chi connectivity index (χ1v) is 8.11. The van der Waals surface area contributed by atoms with Gasteiger partial charge in [-0.3, -0.25) is 4.90 Å². The standard InChI is InChI=1S/C14H23N3OS/c1-10-8-18-11(2)6-17(10)7-13-9-19-14(16-13)5-15-12-3-4-12/h9-12,15H,3-8H2,1-2H3. The van der Waals surface area contributed by atoms with Crippen molar-refractivity contribution in [3.8, 4) is 0 Å². The molecule has 4 nitrogen and oxygen atoms in total. The molecule has 2 unspecified atom stereocenters. The van der Waals surface area contributed by atoms with E-state index in [1.54, 1.807) is 11.3 Å². The lowest BCUT2D eigenvalue weighted by Crippen LogP contribution is -2.46. The van der Waals surface area contributed by atoms with Gasteiger partial charge in [0.05, 0.1) is 18.4 Å². The summed E-state index contributed by atoms with van der Waals surface area (Å²) < 4.78 is 5.67. The lowest BCUT2D eigenvalue weighted by molar-refractivity contribution is -0.0530. The van der Waals surface area contributed by atoms with Crippen LogP contribution in [0.5, 0.6) is 0 Å². The Morgan fingerprint density at radius 3 is 3.11 bits per heavy atom. The van der Waals surface area contributed by atoms with Crippen molar-refractivity contribution < 1.29 is 4.74 Å². The lowest BCUT2D eigenvalue weighted by Gasteiger charge is -2.36. The molecule has 2 fully saturated rings. The molecule has 2 aliphatic rings. The largest absolute Gasteiger partial charge is 0.376 e. The summed E-state index contributed by atoms with van der Waals surface area (Å²) in [6.45, 7) is 8.10. The highest BCUT2D eigenvalue weighted by molar-refractivity contribution is 7.09. The highest BCUT2D eigenvalue weighted by Gasteiger charge is 2.24. The number of aromatic nitrogens is 1. The van der Waals surface area contributed by atoms with E-state index in [-0.39, 0.29) is 0 Å². The van der Waals surface area contributed by atoms with Gasteiger partial charge in [-0.25, -0.2) is 4.98 Å². The molecule has 1 aliphatic carbocycles. The van der Waals surface area contributed by atoms with Gasteiger partial charge in [0.25, 0.3) is 0 Å². The SMILES string of the molecule is CC1CN(Cc2csc(CNC3CC3)n2)C(C)CO1. The topological polar surface area (TPSA) is 37.4 Å². The monoisotopic (exact) mass is 281 g/mol. The number of rotatable bonds is 5. The number of thiazole rings is 1. The average Bonchev–Trinajstić information content (AvgIpc) is 3.12. The van der Waals surface area contributed by atoms with Crippen LogP contribution in [0.4, 0.5) is 0 Å². The fourth-order valence-corrected chi connectivity index (χ4v) is 3.16. The summed E-state index contributed by atoms with van der Waals surface area (Å²) in [6.07, 6.45) is 3.01. The highest BCUT2D eigenvalue weighted by Crippen LogP contribution is 2.21. The smallest absolute Gasteiger partial charge is 0.107 e. The van der Waals surface area contributed by atoms with Gasteiger partial charge in [-0.1, -0.05) is 0 Å². The van der Waals surface area contributed by atoms with Gasteiger partial charge in [-0.2, -0.15) is 0 Å². The first-order valence-electron chi connectivity index (χ1n) is 7.23. The normalized spacial score (nSPS) is 28.7. The molecule has 1 aliphatic heterocycles. The third-order valence-electron chi connectivity index (χ3n) is 3.82. The molecular formula is C14H23N3OS. The molecule has 0 amide bonds. The molecule has 19 heavy (non-hydrogen) atoms. The summed E-state index contributed by atoms with van der Waals surface area (Å²) in [7, 11) is 0. The van der Waals surface area contributed by atoms with Crippen LogP contribution in [0.1, 0.15) is 37.4 Å². The Morgan fingerprint density at radius 2 is 2.32 bits per heavy atom. The van der Waals surface area contributed by atoms with E-state index in [4.69, 9.17) is 9.72 Å². The van der Waals surface area contributed by atoms with Crippen molar-refractivity contribution in [3.63, 3.8) is 0 Å². The zero-order valence-electron chi connectivity index (χ0n) is 11.8. The number of morpholine rings is 1. The minimum atomic E-state index is 0.339. The molecule has 2 atom stereocenters. The molecule has 2 heterocycles. The molecule has 106 valence electrons. The second-order valence-corrected chi connectivity index (χ2v) is 6.75. The number of nitrogens with zero attached hydrogens (tertiary/aromatic N) is 2. The predicted molar refractivity (Wildman–Crippen MR) is 77.3 cm³/mol. The van der Waals surface area contributed by atoms with Crippen molar-refractivity contribution >= 4 is 11.3 Å². The Labute approximate surface area is 119 Å². The molecule has 3 rings (SSSR count). The van der Waals surface area contributed by atoms with Gasteiger partial charge in [-0.05, 0) is 26.7 Å². The first-order chi connectivity index (χ1) is 9.20. The minimum absolute atomic E-state index is 0.339. The fourth-order valence-electron chi connectivity index (χ4n) is 2.42. The van der Waals surface area contributed by atoms with Gasteiger partial charge in [0, 0.05) is 37.1 Å². The van der Waals surface area contributed by atoms with E-state index in [9.17, 15) is 0 Å². The second-order valence-electron chi connectivity index (χ2n) is 5.81. The van der Waals surface area contributed by atoms with E-state index in [1.165, 1.54) is 23.5 Å². The summed E-state index contributed by atoms with van der Waals surface area (Å²) in [4.78, 5) is 7.21. The maximum atomic E-state index is 5.67. The maximum Gasteiger partial charge on any atom is 0.107 e. The van der Waals surface area contributed by atoms with Crippen molar-refractivity contribution in [1.29, 1.82) is 0 Å². The van der Waals surface area contributed by atoms with E-state index in [0.717, 1.165) is 32.3 Å². The van der Waals surface area contributed by atoms with E-state index in [2.05, 4.69) is 29.4 Å². The maximum absolute atomic E-state index is 5.67. The lowest BCUT2D eigenvalue weighted by atomic mass is 10.2. The highest BCUT2D eigenvalue weighted by atomic mass is 32.1. The Morgan fingerprint density at radius 1 is 1.47 bits per heavy atom. The van der Waals surface area contributed by atoms with Crippen molar-refractivity contribution in [2.45, 2.75) is 58.0 Å². The molecule has 1 aromatic rings. The quantitative estimate of drug-likeness (QED) is 0.896. The Hall–Kier alpha value is -0.490. The van der Waals surface area contributed by atoms with Crippen LogP contribution in [-0.4, -0.2) is 41.2 Å². The van der Waals surface area contributed by atoms with Gasteiger partial charge in [0.15, 0.2) is 0 Å². The predicted octanol–water partition coefficient (Wildman–Crippen LogP) is 2.00. The molecule has 0 aromatic carbocycles. The molecule has 1 N–H and O–H groups in total. The number of hydrogen-bond donors (Lipinski definition) is 1. The van der Waals surface area contributed by atoms with Gasteiger partial charge >= 0.3 is 0 Å². The minimum Gasteiger partial charge on any atom is -0.376 e. The molecule has 1 saturated heterocycles. The van der Waals surface area contributed by atoms with Crippen LogP contribution in [0.25, 0.3) is 0 Å². The number of ether oxygens (including phenoxy) is 1. The second kappa shape index (κ2) is 5.87. The molecule has 1 aromatic heterocycles. The summed E-state index contributed by atoms with van der Waals surface area (Å²) in [5.41, 5.74) is 1.21. The van der Waals surface area contributed by atoms with E-state index in [1.807, 2.05) is 0 Å².